The van der Waals surface area contributed by atoms with Crippen LogP contribution in [-0.2, 0) is 18.4 Å². The fourth-order valence-electron chi connectivity index (χ4n) is 2.38. The van der Waals surface area contributed by atoms with Gasteiger partial charge in [-0.3, -0.25) is 0 Å². The molecular weight excluding hydrogens is 248 g/mol. The molecule has 0 saturated carbocycles. The lowest BCUT2D eigenvalue weighted by Gasteiger charge is -2.24. The Labute approximate surface area is 121 Å². The maximum absolute atomic E-state index is 10.7. The van der Waals surface area contributed by atoms with Crippen LogP contribution in [0.25, 0.3) is 0 Å². The van der Waals surface area contributed by atoms with Crippen LogP contribution in [0.5, 0.6) is 5.75 Å². The monoisotopic (exact) mass is 270 g/mol. The fraction of sp³-hybridized carbons (Fsp3) is 0.333. The van der Waals surface area contributed by atoms with Gasteiger partial charge in [0.15, 0.2) is 0 Å². The van der Waals surface area contributed by atoms with Crippen molar-refractivity contribution in [2.24, 2.45) is 0 Å². The quantitative estimate of drug-likeness (QED) is 0.897. The predicted molar refractivity (Wildman–Crippen MR) is 82.1 cm³/mol. The number of aryl methyl sites for hydroxylation is 1. The Hall–Kier alpha value is -1.80. The van der Waals surface area contributed by atoms with Crippen molar-refractivity contribution < 1.29 is 9.84 Å². The minimum atomic E-state index is -0.876. The average Bonchev–Trinajstić information content (AvgIpc) is 2.47. The second kappa shape index (κ2) is 6.10. The van der Waals surface area contributed by atoms with Crippen molar-refractivity contribution in [1.29, 1.82) is 0 Å². The van der Waals surface area contributed by atoms with E-state index in [1.807, 2.05) is 43.3 Å². The Morgan fingerprint density at radius 3 is 2.35 bits per heavy atom. The third-order valence-electron chi connectivity index (χ3n) is 3.67. The van der Waals surface area contributed by atoms with E-state index in [4.69, 9.17) is 4.74 Å². The van der Waals surface area contributed by atoms with Crippen LogP contribution in [0.3, 0.4) is 0 Å². The highest BCUT2D eigenvalue weighted by atomic mass is 16.5. The van der Waals surface area contributed by atoms with Gasteiger partial charge >= 0.3 is 0 Å². The summed E-state index contributed by atoms with van der Waals surface area (Å²) in [6.45, 7) is 3.98. The zero-order valence-corrected chi connectivity index (χ0v) is 12.4. The van der Waals surface area contributed by atoms with Crippen molar-refractivity contribution in [3.63, 3.8) is 0 Å². The number of hydrogen-bond acceptors (Lipinski definition) is 2. The molecule has 20 heavy (non-hydrogen) atoms. The van der Waals surface area contributed by atoms with Crippen molar-refractivity contribution in [3.8, 4) is 5.75 Å². The fourth-order valence-corrected chi connectivity index (χ4v) is 2.38. The van der Waals surface area contributed by atoms with Gasteiger partial charge in [-0.25, -0.2) is 0 Å². The van der Waals surface area contributed by atoms with Gasteiger partial charge in [-0.1, -0.05) is 43.3 Å². The molecule has 0 spiro atoms. The van der Waals surface area contributed by atoms with E-state index in [0.29, 0.717) is 6.42 Å². The van der Waals surface area contributed by atoms with Crippen LogP contribution in [0.4, 0.5) is 0 Å². The van der Waals surface area contributed by atoms with Crippen molar-refractivity contribution >= 4 is 0 Å². The van der Waals surface area contributed by atoms with Crippen molar-refractivity contribution in [3.05, 3.63) is 65.2 Å². The second-order valence-corrected chi connectivity index (χ2v) is 5.35. The topological polar surface area (TPSA) is 29.5 Å². The number of ether oxygens (including phenoxy) is 1. The molecule has 0 aliphatic rings. The summed E-state index contributed by atoms with van der Waals surface area (Å²) in [4.78, 5) is 0. The van der Waals surface area contributed by atoms with Gasteiger partial charge in [0.05, 0.1) is 12.7 Å². The minimum absolute atomic E-state index is 0.565. The van der Waals surface area contributed by atoms with Crippen LogP contribution in [0.15, 0.2) is 48.5 Å². The SMILES string of the molecule is CCc1ccc(C(C)(O)Cc2cccc(OC)c2)cc1. The summed E-state index contributed by atoms with van der Waals surface area (Å²) >= 11 is 0. The van der Waals surface area contributed by atoms with Crippen molar-refractivity contribution in [1.82, 2.24) is 0 Å². The van der Waals surface area contributed by atoms with E-state index < -0.39 is 5.60 Å². The highest BCUT2D eigenvalue weighted by Crippen LogP contribution is 2.27. The van der Waals surface area contributed by atoms with Crippen molar-refractivity contribution in [2.75, 3.05) is 7.11 Å². The Morgan fingerprint density at radius 1 is 1.05 bits per heavy atom. The molecule has 0 radical (unpaired) electrons. The van der Waals surface area contributed by atoms with E-state index in [9.17, 15) is 5.11 Å². The molecule has 2 heteroatoms. The highest BCUT2D eigenvalue weighted by Gasteiger charge is 2.23. The highest BCUT2D eigenvalue weighted by molar-refractivity contribution is 5.32. The number of rotatable bonds is 5. The van der Waals surface area contributed by atoms with Crippen LogP contribution in [0.1, 0.15) is 30.5 Å². The van der Waals surface area contributed by atoms with E-state index in [-0.39, 0.29) is 0 Å². The third kappa shape index (κ3) is 3.40. The van der Waals surface area contributed by atoms with Crippen LogP contribution in [0, 0.1) is 0 Å². The molecule has 0 aromatic heterocycles. The molecule has 2 rings (SSSR count). The molecule has 0 fully saturated rings. The number of methoxy groups -OCH3 is 1. The Morgan fingerprint density at radius 2 is 1.75 bits per heavy atom. The first-order chi connectivity index (χ1) is 9.55. The Balaban J connectivity index is 2.20. The molecule has 2 aromatic rings. The lowest BCUT2D eigenvalue weighted by atomic mass is 9.88. The van der Waals surface area contributed by atoms with Gasteiger partial charge in [0, 0.05) is 6.42 Å². The summed E-state index contributed by atoms with van der Waals surface area (Å²) in [6.07, 6.45) is 1.58. The molecule has 2 aromatic carbocycles. The van der Waals surface area contributed by atoms with Gasteiger partial charge in [0.25, 0.3) is 0 Å². The molecule has 106 valence electrons. The molecule has 1 atom stereocenters. The average molecular weight is 270 g/mol. The van der Waals surface area contributed by atoms with E-state index in [2.05, 4.69) is 19.1 Å². The first kappa shape index (κ1) is 14.6. The van der Waals surface area contributed by atoms with Crippen molar-refractivity contribution in [2.45, 2.75) is 32.3 Å². The van der Waals surface area contributed by atoms with E-state index in [0.717, 1.165) is 23.3 Å². The smallest absolute Gasteiger partial charge is 0.119 e. The molecular formula is C18H22O2. The summed E-state index contributed by atoms with van der Waals surface area (Å²) in [5, 5.41) is 10.7. The Kier molecular flexibility index (Phi) is 4.46. The minimum Gasteiger partial charge on any atom is -0.497 e. The van der Waals surface area contributed by atoms with Gasteiger partial charge in [0.2, 0.25) is 0 Å². The van der Waals surface area contributed by atoms with Crippen LogP contribution in [0.2, 0.25) is 0 Å². The lowest BCUT2D eigenvalue weighted by molar-refractivity contribution is 0.0576. The zero-order chi connectivity index (χ0) is 14.6. The summed E-state index contributed by atoms with van der Waals surface area (Å²) in [7, 11) is 1.65. The van der Waals surface area contributed by atoms with Crippen LogP contribution >= 0.6 is 0 Å². The molecule has 0 bridgehead atoms. The first-order valence-electron chi connectivity index (χ1n) is 7.00. The van der Waals surface area contributed by atoms with Gasteiger partial charge in [-0.2, -0.15) is 0 Å². The van der Waals surface area contributed by atoms with E-state index in [1.165, 1.54) is 5.56 Å². The van der Waals surface area contributed by atoms with Gasteiger partial charge in [-0.05, 0) is 42.2 Å². The summed E-state index contributed by atoms with van der Waals surface area (Å²) < 4.78 is 5.22. The zero-order valence-electron chi connectivity index (χ0n) is 12.4. The van der Waals surface area contributed by atoms with Crippen LogP contribution < -0.4 is 4.74 Å². The third-order valence-corrected chi connectivity index (χ3v) is 3.67. The largest absolute Gasteiger partial charge is 0.497 e. The van der Waals surface area contributed by atoms with E-state index in [1.54, 1.807) is 7.11 Å². The maximum atomic E-state index is 10.7. The summed E-state index contributed by atoms with van der Waals surface area (Å²) in [6, 6.07) is 16.0. The number of hydrogen-bond donors (Lipinski definition) is 1. The maximum Gasteiger partial charge on any atom is 0.119 e. The molecule has 1 unspecified atom stereocenters. The predicted octanol–water partition coefficient (Wildman–Crippen LogP) is 3.71. The molecule has 0 heterocycles. The number of benzene rings is 2. The van der Waals surface area contributed by atoms with Gasteiger partial charge < -0.3 is 9.84 Å². The summed E-state index contributed by atoms with van der Waals surface area (Å²) in [5.41, 5.74) is 2.41. The normalized spacial score (nSPS) is 13.8. The Bertz CT molecular complexity index is 556. The van der Waals surface area contributed by atoms with Gasteiger partial charge in [-0.15, -0.1) is 0 Å². The lowest BCUT2D eigenvalue weighted by Crippen LogP contribution is -2.24. The molecule has 2 nitrogen and oxygen atoms in total. The molecule has 1 N–H and O–H groups in total. The first-order valence-corrected chi connectivity index (χ1v) is 7.00. The molecule has 0 amide bonds. The molecule has 0 aliphatic heterocycles. The second-order valence-electron chi connectivity index (χ2n) is 5.35. The summed E-state index contributed by atoms with van der Waals surface area (Å²) in [5.74, 6) is 0.819. The van der Waals surface area contributed by atoms with Crippen LogP contribution in [-0.4, -0.2) is 12.2 Å². The molecule has 0 saturated heterocycles. The number of aliphatic hydroxyl groups is 1. The van der Waals surface area contributed by atoms with E-state index >= 15 is 0 Å². The van der Waals surface area contributed by atoms with Gasteiger partial charge in [0.1, 0.15) is 5.75 Å². The molecule has 0 aliphatic carbocycles. The standard InChI is InChI=1S/C18H22O2/c1-4-14-8-10-16(11-9-14)18(2,19)13-15-6-5-7-17(12-15)20-3/h5-12,19H,4,13H2,1-3H3.